The maximum absolute atomic E-state index is 12.2. The fourth-order valence-corrected chi connectivity index (χ4v) is 2.83. The lowest BCUT2D eigenvalue weighted by Crippen LogP contribution is -2.67. The molecule has 0 bridgehead atoms. The van der Waals surface area contributed by atoms with Gasteiger partial charge in [-0.3, -0.25) is 14.9 Å². The van der Waals surface area contributed by atoms with E-state index < -0.39 is 11.4 Å². The molecule has 7 nitrogen and oxygen atoms in total. The summed E-state index contributed by atoms with van der Waals surface area (Å²) in [6, 6.07) is 9.96. The Labute approximate surface area is 152 Å². The number of unbranched alkanes of at least 4 members (excludes halogenated alkanes) is 2. The van der Waals surface area contributed by atoms with E-state index in [0.29, 0.717) is 32.5 Å². The van der Waals surface area contributed by atoms with Crippen LogP contribution < -0.4 is 16.4 Å². The van der Waals surface area contributed by atoms with Crippen molar-refractivity contribution in [3.63, 3.8) is 0 Å². The molecule has 0 spiro atoms. The highest BCUT2D eigenvalue weighted by Gasteiger charge is 2.44. The highest BCUT2D eigenvalue weighted by molar-refractivity contribution is 7.80. The van der Waals surface area contributed by atoms with Crippen molar-refractivity contribution in [1.29, 1.82) is 0 Å². The number of nitrogens with two attached hydrogens (primary N) is 1. The van der Waals surface area contributed by atoms with Crippen molar-refractivity contribution >= 4 is 35.5 Å². The fraction of sp³-hybridized carbons (Fsp3) is 0.412. The summed E-state index contributed by atoms with van der Waals surface area (Å²) in [6.45, 7) is 1.21. The van der Waals surface area contributed by atoms with Gasteiger partial charge in [-0.2, -0.15) is 0 Å². The van der Waals surface area contributed by atoms with Crippen LogP contribution in [-0.4, -0.2) is 35.4 Å². The third-order valence-electron chi connectivity index (χ3n) is 4.02. The number of carbonyl (C=O) groups excluding carboxylic acids is 2. The molecule has 0 saturated heterocycles. The minimum atomic E-state index is -1.32. The number of nitrogens with one attached hydrogen (secondary N) is 2. The molecule has 1 atom stereocenters. The van der Waals surface area contributed by atoms with Crippen molar-refractivity contribution in [1.82, 2.24) is 10.6 Å². The van der Waals surface area contributed by atoms with Gasteiger partial charge in [-0.15, -0.1) is 0 Å². The van der Waals surface area contributed by atoms with Gasteiger partial charge in [-0.25, -0.2) is 4.99 Å². The molecular weight excluding hydrogens is 340 g/mol. The molecule has 25 heavy (non-hydrogen) atoms. The zero-order chi connectivity index (χ0) is 18.1. The Morgan fingerprint density at radius 1 is 1.28 bits per heavy atom. The number of carbonyl (C=O) groups is 2. The standard InChI is InChI=1S/C17H22N4O3S/c18-14-17(19-12-22,15(23)21-16(25)20-14)9-5-2-6-10-24-11-13-7-3-1-4-8-13/h1,3-4,7-8,12H,2,5-6,9-11H2,(H,19,22)(H3,18,20,21,23,25). The van der Waals surface area contributed by atoms with Gasteiger partial charge in [0.2, 0.25) is 11.5 Å². The Balaban J connectivity index is 1.75. The molecule has 0 fully saturated rings. The lowest BCUT2D eigenvalue weighted by atomic mass is 9.89. The lowest BCUT2D eigenvalue weighted by Gasteiger charge is -2.33. The highest BCUT2D eigenvalue weighted by atomic mass is 32.1. The number of thiocarbonyl (C=S) groups is 1. The zero-order valence-corrected chi connectivity index (χ0v) is 14.7. The molecule has 0 aliphatic carbocycles. The molecule has 0 saturated carbocycles. The van der Waals surface area contributed by atoms with Gasteiger partial charge in [-0.05, 0) is 30.6 Å². The van der Waals surface area contributed by atoms with Gasteiger partial charge in [0.05, 0.1) is 6.61 Å². The van der Waals surface area contributed by atoms with Crippen molar-refractivity contribution in [2.75, 3.05) is 6.61 Å². The molecule has 0 aromatic heterocycles. The summed E-state index contributed by atoms with van der Waals surface area (Å²) >= 11 is 4.84. The Morgan fingerprint density at radius 2 is 2.04 bits per heavy atom. The van der Waals surface area contributed by atoms with Crippen molar-refractivity contribution in [2.45, 2.75) is 37.8 Å². The van der Waals surface area contributed by atoms with E-state index in [0.717, 1.165) is 18.4 Å². The van der Waals surface area contributed by atoms with Gasteiger partial charge in [0.25, 0.3) is 5.91 Å². The predicted molar refractivity (Wildman–Crippen MR) is 98.9 cm³/mol. The molecule has 8 heteroatoms. The number of hydrogen-bond donors (Lipinski definition) is 3. The maximum atomic E-state index is 12.2. The Bertz CT molecular complexity index is 651. The minimum Gasteiger partial charge on any atom is -0.385 e. The molecule has 1 aromatic carbocycles. The summed E-state index contributed by atoms with van der Waals surface area (Å²) in [5, 5.41) is 4.96. The lowest BCUT2D eigenvalue weighted by molar-refractivity contribution is -0.126. The average molecular weight is 362 g/mol. The first kappa shape index (κ1) is 19.0. The topological polar surface area (TPSA) is 106 Å². The Hall–Kier alpha value is -2.32. The van der Waals surface area contributed by atoms with E-state index in [-0.39, 0.29) is 10.9 Å². The molecule has 2 rings (SSSR count). The largest absolute Gasteiger partial charge is 0.385 e. The van der Waals surface area contributed by atoms with Crippen LogP contribution in [0.1, 0.15) is 31.2 Å². The number of ether oxygens (including phenoxy) is 1. The van der Waals surface area contributed by atoms with Crippen LogP contribution >= 0.6 is 12.2 Å². The number of hydrogen-bond acceptors (Lipinski definition) is 5. The van der Waals surface area contributed by atoms with Crippen LogP contribution in [0.15, 0.2) is 35.3 Å². The van der Waals surface area contributed by atoms with E-state index in [2.05, 4.69) is 15.6 Å². The molecule has 1 heterocycles. The van der Waals surface area contributed by atoms with E-state index in [4.69, 9.17) is 22.7 Å². The summed E-state index contributed by atoms with van der Waals surface area (Å²) in [5.74, 6) is -0.425. The minimum absolute atomic E-state index is 0.0140. The summed E-state index contributed by atoms with van der Waals surface area (Å²) < 4.78 is 5.62. The summed E-state index contributed by atoms with van der Waals surface area (Å²) in [7, 11) is 0. The van der Waals surface area contributed by atoms with Crippen molar-refractivity contribution < 1.29 is 14.3 Å². The third kappa shape index (κ3) is 5.07. The predicted octanol–water partition coefficient (Wildman–Crippen LogP) is 1.02. The first-order chi connectivity index (χ1) is 12.1. The molecule has 134 valence electrons. The fourth-order valence-electron chi connectivity index (χ4n) is 2.64. The van der Waals surface area contributed by atoms with E-state index in [1.807, 2.05) is 30.3 Å². The van der Waals surface area contributed by atoms with Gasteiger partial charge < -0.3 is 15.8 Å². The smallest absolute Gasteiger partial charge is 0.259 e. The van der Waals surface area contributed by atoms with Gasteiger partial charge in [0.15, 0.2) is 5.54 Å². The first-order valence-corrected chi connectivity index (χ1v) is 8.52. The molecule has 4 N–H and O–H groups in total. The number of benzene rings is 1. The molecule has 0 radical (unpaired) electrons. The van der Waals surface area contributed by atoms with Crippen LogP contribution in [0.5, 0.6) is 0 Å². The summed E-state index contributed by atoms with van der Waals surface area (Å²) in [5.41, 5.74) is 5.67. The van der Waals surface area contributed by atoms with Crippen LogP contribution in [0.2, 0.25) is 0 Å². The van der Waals surface area contributed by atoms with E-state index in [9.17, 15) is 9.59 Å². The summed E-state index contributed by atoms with van der Waals surface area (Å²) in [6.07, 6.45) is 3.18. The molecule has 1 aliphatic rings. The van der Waals surface area contributed by atoms with E-state index in [1.54, 1.807) is 0 Å². The Morgan fingerprint density at radius 3 is 2.72 bits per heavy atom. The van der Waals surface area contributed by atoms with Crippen LogP contribution in [0.4, 0.5) is 0 Å². The number of aliphatic imine (C=N–C) groups is 1. The monoisotopic (exact) mass is 362 g/mol. The first-order valence-electron chi connectivity index (χ1n) is 8.11. The van der Waals surface area contributed by atoms with E-state index >= 15 is 0 Å². The maximum Gasteiger partial charge on any atom is 0.259 e. The second-order valence-electron chi connectivity index (χ2n) is 5.77. The van der Waals surface area contributed by atoms with Crippen molar-refractivity contribution in [3.05, 3.63) is 35.9 Å². The second kappa shape index (κ2) is 9.24. The van der Waals surface area contributed by atoms with Gasteiger partial charge in [0.1, 0.15) is 5.84 Å². The van der Waals surface area contributed by atoms with Crippen LogP contribution in [-0.2, 0) is 20.9 Å². The van der Waals surface area contributed by atoms with Crippen LogP contribution in [0.3, 0.4) is 0 Å². The van der Waals surface area contributed by atoms with Gasteiger partial charge >= 0.3 is 0 Å². The number of rotatable bonds is 10. The highest BCUT2D eigenvalue weighted by Crippen LogP contribution is 2.19. The zero-order valence-electron chi connectivity index (χ0n) is 13.9. The SMILES string of the molecule is NC1=NC(=S)NC(=O)C1(CCCCCOCc1ccccc1)NC=O. The van der Waals surface area contributed by atoms with Crippen molar-refractivity contribution in [2.24, 2.45) is 10.7 Å². The number of nitrogens with zero attached hydrogens (tertiary/aromatic N) is 1. The molecule has 1 unspecified atom stereocenters. The van der Waals surface area contributed by atoms with Gasteiger partial charge in [-0.1, -0.05) is 43.2 Å². The van der Waals surface area contributed by atoms with Gasteiger partial charge in [0, 0.05) is 6.61 Å². The number of amidine groups is 1. The normalized spacial score (nSPS) is 19.9. The van der Waals surface area contributed by atoms with E-state index in [1.165, 1.54) is 0 Å². The molecule has 2 amide bonds. The Kier molecular flexibility index (Phi) is 7.03. The quantitative estimate of drug-likeness (QED) is 0.327. The molecule has 1 aliphatic heterocycles. The van der Waals surface area contributed by atoms with Crippen LogP contribution in [0, 0.1) is 0 Å². The number of amides is 2. The summed E-state index contributed by atoms with van der Waals surface area (Å²) in [4.78, 5) is 27.1. The third-order valence-corrected chi connectivity index (χ3v) is 4.22. The van der Waals surface area contributed by atoms with Crippen molar-refractivity contribution in [3.8, 4) is 0 Å². The average Bonchev–Trinajstić information content (AvgIpc) is 2.59. The van der Waals surface area contributed by atoms with Crippen LogP contribution in [0.25, 0.3) is 0 Å². The molecular formula is C17H22N4O3S. The second-order valence-corrected chi connectivity index (χ2v) is 6.16. The molecule has 1 aromatic rings.